The van der Waals surface area contributed by atoms with Gasteiger partial charge in [-0.05, 0) is 62.6 Å². The molecule has 3 heterocycles. The molecule has 4 rings (SSSR count). The molecule has 1 aliphatic carbocycles. The molecule has 7 nitrogen and oxygen atoms in total. The largest absolute Gasteiger partial charge is 0.291 e. The number of aromatic nitrogens is 6. The monoisotopic (exact) mass is 315 g/mol. The molecule has 2 fully saturated rings. The molecule has 1 aliphatic heterocycles. The standard InChI is InChI=1S/C16H25N7/c1-12-9-13(2)22(18-12)10-15-5-3-4-8-21(15)11-16-17-19-20-23(16)14-6-7-14/h9,14-15H,3-8,10-11H2,1-2H3/t15-/m1/s1. The Morgan fingerprint density at radius 2 is 2.04 bits per heavy atom. The van der Waals surface area contributed by atoms with Crippen LogP contribution in [0.2, 0.25) is 0 Å². The third-order valence-electron chi connectivity index (χ3n) is 5.03. The molecule has 23 heavy (non-hydrogen) atoms. The first-order chi connectivity index (χ1) is 11.2. The number of piperidine rings is 1. The van der Waals surface area contributed by atoms with Crippen molar-refractivity contribution in [3.63, 3.8) is 0 Å². The highest BCUT2D eigenvalue weighted by molar-refractivity contribution is 5.07. The predicted octanol–water partition coefficient (Wildman–Crippen LogP) is 1.88. The highest BCUT2D eigenvalue weighted by atomic mass is 15.6. The van der Waals surface area contributed by atoms with E-state index in [4.69, 9.17) is 0 Å². The molecule has 124 valence electrons. The fourth-order valence-electron chi connectivity index (χ4n) is 3.64. The van der Waals surface area contributed by atoms with Gasteiger partial charge < -0.3 is 0 Å². The van der Waals surface area contributed by atoms with Gasteiger partial charge in [-0.15, -0.1) is 5.10 Å². The molecule has 0 N–H and O–H groups in total. The summed E-state index contributed by atoms with van der Waals surface area (Å²) in [6.45, 7) is 7.15. The summed E-state index contributed by atoms with van der Waals surface area (Å²) in [6.07, 6.45) is 6.22. The minimum Gasteiger partial charge on any atom is -0.291 e. The van der Waals surface area contributed by atoms with Crippen LogP contribution in [0.1, 0.15) is 55.4 Å². The van der Waals surface area contributed by atoms with E-state index < -0.39 is 0 Å². The van der Waals surface area contributed by atoms with Crippen LogP contribution in [0.3, 0.4) is 0 Å². The lowest BCUT2D eigenvalue weighted by Gasteiger charge is -2.35. The topological polar surface area (TPSA) is 64.7 Å². The van der Waals surface area contributed by atoms with Crippen LogP contribution in [0.5, 0.6) is 0 Å². The Hall–Kier alpha value is -1.76. The quantitative estimate of drug-likeness (QED) is 0.843. The molecule has 2 aliphatic rings. The molecule has 2 aromatic rings. The van der Waals surface area contributed by atoms with Crippen LogP contribution in [-0.4, -0.2) is 47.5 Å². The van der Waals surface area contributed by atoms with Crippen molar-refractivity contribution >= 4 is 0 Å². The van der Waals surface area contributed by atoms with Gasteiger partial charge in [0.2, 0.25) is 0 Å². The van der Waals surface area contributed by atoms with Crippen molar-refractivity contribution in [2.24, 2.45) is 0 Å². The zero-order valence-electron chi connectivity index (χ0n) is 14.0. The number of tetrazole rings is 1. The van der Waals surface area contributed by atoms with Crippen molar-refractivity contribution in [2.45, 2.75) is 71.1 Å². The van der Waals surface area contributed by atoms with Crippen molar-refractivity contribution in [3.8, 4) is 0 Å². The second-order valence-electron chi connectivity index (χ2n) is 7.00. The zero-order valence-corrected chi connectivity index (χ0v) is 14.0. The van der Waals surface area contributed by atoms with Crippen LogP contribution >= 0.6 is 0 Å². The van der Waals surface area contributed by atoms with Gasteiger partial charge >= 0.3 is 0 Å². The molecule has 1 saturated carbocycles. The number of likely N-dealkylation sites (tertiary alicyclic amines) is 1. The lowest BCUT2D eigenvalue weighted by Crippen LogP contribution is -2.42. The average molecular weight is 315 g/mol. The van der Waals surface area contributed by atoms with Crippen molar-refractivity contribution < 1.29 is 0 Å². The molecular formula is C16H25N7. The van der Waals surface area contributed by atoms with E-state index in [0.717, 1.165) is 31.2 Å². The first-order valence-electron chi connectivity index (χ1n) is 8.72. The maximum Gasteiger partial charge on any atom is 0.165 e. The predicted molar refractivity (Wildman–Crippen MR) is 85.8 cm³/mol. The second-order valence-corrected chi connectivity index (χ2v) is 7.00. The first-order valence-corrected chi connectivity index (χ1v) is 8.72. The fourth-order valence-corrected chi connectivity index (χ4v) is 3.64. The Morgan fingerprint density at radius 3 is 2.78 bits per heavy atom. The summed E-state index contributed by atoms with van der Waals surface area (Å²) in [7, 11) is 0. The van der Waals surface area contributed by atoms with E-state index >= 15 is 0 Å². The van der Waals surface area contributed by atoms with Crippen molar-refractivity contribution in [1.29, 1.82) is 0 Å². The van der Waals surface area contributed by atoms with Gasteiger partial charge in [-0.2, -0.15) is 5.10 Å². The van der Waals surface area contributed by atoms with Gasteiger partial charge in [-0.3, -0.25) is 9.58 Å². The van der Waals surface area contributed by atoms with Gasteiger partial charge in [0, 0.05) is 11.7 Å². The van der Waals surface area contributed by atoms with E-state index in [-0.39, 0.29) is 0 Å². The molecule has 1 saturated heterocycles. The number of nitrogens with zero attached hydrogens (tertiary/aromatic N) is 7. The highest BCUT2D eigenvalue weighted by Crippen LogP contribution is 2.34. The van der Waals surface area contributed by atoms with Crippen molar-refractivity contribution in [3.05, 3.63) is 23.3 Å². The lowest BCUT2D eigenvalue weighted by molar-refractivity contribution is 0.116. The zero-order chi connectivity index (χ0) is 15.8. The van der Waals surface area contributed by atoms with Crippen LogP contribution < -0.4 is 0 Å². The third-order valence-corrected chi connectivity index (χ3v) is 5.03. The second kappa shape index (κ2) is 6.03. The first kappa shape index (κ1) is 14.8. The van der Waals surface area contributed by atoms with Gasteiger partial charge in [-0.1, -0.05) is 6.42 Å². The number of hydrogen-bond acceptors (Lipinski definition) is 5. The number of rotatable bonds is 5. The molecule has 0 bridgehead atoms. The smallest absolute Gasteiger partial charge is 0.165 e. The molecule has 7 heteroatoms. The van der Waals surface area contributed by atoms with Crippen LogP contribution in [-0.2, 0) is 13.1 Å². The summed E-state index contributed by atoms with van der Waals surface area (Å²) in [5, 5.41) is 17.0. The van der Waals surface area contributed by atoms with Gasteiger partial charge in [0.1, 0.15) is 0 Å². The van der Waals surface area contributed by atoms with Gasteiger partial charge in [0.05, 0.1) is 24.8 Å². The minimum atomic E-state index is 0.520. The summed E-state index contributed by atoms with van der Waals surface area (Å²) >= 11 is 0. The molecule has 0 unspecified atom stereocenters. The maximum absolute atomic E-state index is 4.64. The molecule has 0 aromatic carbocycles. The molecule has 0 amide bonds. The summed E-state index contributed by atoms with van der Waals surface area (Å²) in [6, 6.07) is 3.21. The number of hydrogen-bond donors (Lipinski definition) is 0. The van der Waals surface area contributed by atoms with Crippen molar-refractivity contribution in [2.75, 3.05) is 6.54 Å². The Kier molecular flexibility index (Phi) is 3.88. The van der Waals surface area contributed by atoms with E-state index in [0.29, 0.717) is 12.1 Å². The Labute approximate surface area is 136 Å². The summed E-state index contributed by atoms with van der Waals surface area (Å²) in [4.78, 5) is 2.55. The Morgan fingerprint density at radius 1 is 1.17 bits per heavy atom. The van der Waals surface area contributed by atoms with Crippen LogP contribution in [0.4, 0.5) is 0 Å². The summed E-state index contributed by atoms with van der Waals surface area (Å²) in [5.74, 6) is 1.02. The van der Waals surface area contributed by atoms with Gasteiger partial charge in [-0.25, -0.2) is 4.68 Å². The van der Waals surface area contributed by atoms with Gasteiger partial charge in [0.25, 0.3) is 0 Å². The SMILES string of the molecule is Cc1cc(C)n(C[C@H]2CCCCN2Cc2nnnn2C2CC2)n1. The molecule has 0 radical (unpaired) electrons. The van der Waals surface area contributed by atoms with E-state index in [9.17, 15) is 0 Å². The Balaban J connectivity index is 1.48. The van der Waals surface area contributed by atoms with Crippen LogP contribution in [0.25, 0.3) is 0 Å². The van der Waals surface area contributed by atoms with E-state index in [2.05, 4.69) is 50.1 Å². The van der Waals surface area contributed by atoms with Crippen molar-refractivity contribution in [1.82, 2.24) is 34.9 Å². The summed E-state index contributed by atoms with van der Waals surface area (Å²) in [5.41, 5.74) is 2.35. The normalized spacial score (nSPS) is 22.6. The van der Waals surface area contributed by atoms with E-state index in [1.807, 2.05) is 4.68 Å². The minimum absolute atomic E-state index is 0.520. The average Bonchev–Trinajstić information content (AvgIpc) is 3.19. The fraction of sp³-hybridized carbons (Fsp3) is 0.750. The van der Waals surface area contributed by atoms with Gasteiger partial charge in [0.15, 0.2) is 5.82 Å². The highest BCUT2D eigenvalue weighted by Gasteiger charge is 2.30. The Bertz CT molecular complexity index is 670. The third kappa shape index (κ3) is 3.15. The molecular weight excluding hydrogens is 290 g/mol. The van der Waals surface area contributed by atoms with Crippen LogP contribution in [0, 0.1) is 13.8 Å². The molecule has 0 spiro atoms. The summed E-state index contributed by atoms with van der Waals surface area (Å²) < 4.78 is 4.19. The maximum atomic E-state index is 4.64. The molecule has 2 aromatic heterocycles. The molecule has 1 atom stereocenters. The van der Waals surface area contributed by atoms with E-state index in [1.165, 1.54) is 37.8 Å². The van der Waals surface area contributed by atoms with Crippen LogP contribution in [0.15, 0.2) is 6.07 Å². The number of aryl methyl sites for hydroxylation is 2. The van der Waals surface area contributed by atoms with E-state index in [1.54, 1.807) is 0 Å². The lowest BCUT2D eigenvalue weighted by atomic mass is 10.0.